The first-order chi connectivity index (χ1) is 11.3. The van der Waals surface area contributed by atoms with E-state index < -0.39 is 0 Å². The Morgan fingerprint density at radius 1 is 1.09 bits per heavy atom. The number of benzene rings is 1. The average molecular weight is 311 g/mol. The molecule has 1 aromatic carbocycles. The highest BCUT2D eigenvalue weighted by atomic mass is 16.5. The molecule has 23 heavy (non-hydrogen) atoms. The molecular formula is C18H21N3O2. The van der Waals surface area contributed by atoms with Crippen LogP contribution in [0.3, 0.4) is 0 Å². The first-order valence-corrected chi connectivity index (χ1v) is 7.63. The Kier molecular flexibility index (Phi) is 4.90. The summed E-state index contributed by atoms with van der Waals surface area (Å²) in [5.74, 6) is 1.71. The summed E-state index contributed by atoms with van der Waals surface area (Å²) in [5, 5.41) is 10.6. The highest BCUT2D eigenvalue weighted by Gasteiger charge is 2.10. The van der Waals surface area contributed by atoms with Crippen molar-refractivity contribution in [2.24, 2.45) is 0 Å². The minimum absolute atomic E-state index is 0.647. The lowest BCUT2D eigenvalue weighted by molar-refractivity contribution is 0.185. The summed E-state index contributed by atoms with van der Waals surface area (Å²) < 4.78 is 10.8. The second kappa shape index (κ2) is 7.26. The van der Waals surface area contributed by atoms with E-state index in [1.165, 1.54) is 11.1 Å². The number of hydrogen-bond acceptors (Lipinski definition) is 4. The number of aryl methyl sites for hydroxylation is 1. The molecule has 0 aliphatic heterocycles. The summed E-state index contributed by atoms with van der Waals surface area (Å²) in [7, 11) is 1.71. The van der Waals surface area contributed by atoms with Crippen molar-refractivity contribution < 1.29 is 9.15 Å². The van der Waals surface area contributed by atoms with E-state index in [1.54, 1.807) is 7.11 Å². The number of ether oxygens (including phenoxy) is 1. The minimum atomic E-state index is 0.647. The number of hydrogen-bond donors (Lipinski definition) is 2. The molecule has 0 saturated heterocycles. The second-order valence-electron chi connectivity index (χ2n) is 5.53. The molecule has 0 spiro atoms. The van der Waals surface area contributed by atoms with Gasteiger partial charge in [0.15, 0.2) is 5.76 Å². The van der Waals surface area contributed by atoms with Gasteiger partial charge in [-0.05, 0) is 30.2 Å². The first-order valence-electron chi connectivity index (χ1n) is 7.63. The molecule has 120 valence electrons. The van der Waals surface area contributed by atoms with Gasteiger partial charge < -0.3 is 14.5 Å². The third kappa shape index (κ3) is 3.88. The molecule has 0 amide bonds. The second-order valence-corrected chi connectivity index (χ2v) is 5.53. The molecule has 5 heteroatoms. The molecule has 5 nitrogen and oxygen atoms in total. The zero-order valence-electron chi connectivity index (χ0n) is 13.4. The van der Waals surface area contributed by atoms with E-state index in [0.717, 1.165) is 35.9 Å². The van der Waals surface area contributed by atoms with Gasteiger partial charge in [-0.2, -0.15) is 5.10 Å². The zero-order chi connectivity index (χ0) is 16.1. The number of methoxy groups -OCH3 is 1. The Hall–Kier alpha value is -2.37. The van der Waals surface area contributed by atoms with Crippen molar-refractivity contribution in [1.29, 1.82) is 0 Å². The first kappa shape index (κ1) is 15.5. The highest BCUT2D eigenvalue weighted by Crippen LogP contribution is 2.23. The fourth-order valence-corrected chi connectivity index (χ4v) is 2.49. The van der Waals surface area contributed by atoms with Crippen molar-refractivity contribution in [3.8, 4) is 11.5 Å². The molecule has 0 aliphatic carbocycles. The maximum atomic E-state index is 5.66. The lowest BCUT2D eigenvalue weighted by Crippen LogP contribution is -2.12. The molecule has 2 heterocycles. The van der Waals surface area contributed by atoms with Crippen LogP contribution < -0.4 is 5.32 Å². The fourth-order valence-electron chi connectivity index (χ4n) is 2.49. The van der Waals surface area contributed by atoms with Crippen molar-refractivity contribution in [2.75, 3.05) is 7.11 Å². The van der Waals surface area contributed by atoms with Gasteiger partial charge in [0.05, 0.1) is 12.8 Å². The summed E-state index contributed by atoms with van der Waals surface area (Å²) in [5.41, 5.74) is 4.45. The van der Waals surface area contributed by atoms with Crippen LogP contribution in [-0.2, 0) is 24.4 Å². The van der Waals surface area contributed by atoms with Crippen LogP contribution >= 0.6 is 0 Å². The topological polar surface area (TPSA) is 63.1 Å². The van der Waals surface area contributed by atoms with E-state index in [4.69, 9.17) is 9.15 Å². The Balaban J connectivity index is 1.58. The number of nitrogens with one attached hydrogen (secondary N) is 2. The monoisotopic (exact) mass is 311 g/mol. The van der Waals surface area contributed by atoms with Gasteiger partial charge in [0.1, 0.15) is 11.5 Å². The quantitative estimate of drug-likeness (QED) is 0.702. The van der Waals surface area contributed by atoms with Gasteiger partial charge in [0.25, 0.3) is 0 Å². The van der Waals surface area contributed by atoms with Gasteiger partial charge in [-0.15, -0.1) is 0 Å². The van der Waals surface area contributed by atoms with Crippen LogP contribution in [0.1, 0.15) is 22.5 Å². The van der Waals surface area contributed by atoms with E-state index in [0.29, 0.717) is 6.61 Å². The predicted molar refractivity (Wildman–Crippen MR) is 88.7 cm³/mol. The summed E-state index contributed by atoms with van der Waals surface area (Å²) >= 11 is 0. The lowest BCUT2D eigenvalue weighted by Gasteiger charge is -2.06. The summed E-state index contributed by atoms with van der Waals surface area (Å²) in [4.78, 5) is 0. The smallest absolute Gasteiger partial charge is 0.152 e. The molecule has 0 unspecified atom stereocenters. The molecule has 3 rings (SSSR count). The van der Waals surface area contributed by atoms with Crippen molar-refractivity contribution >= 4 is 0 Å². The lowest BCUT2D eigenvalue weighted by atomic mass is 10.1. The van der Waals surface area contributed by atoms with Crippen molar-refractivity contribution in [1.82, 2.24) is 15.5 Å². The number of nitrogens with zero attached hydrogens (tertiary/aromatic N) is 1. The normalized spacial score (nSPS) is 11.0. The summed E-state index contributed by atoms with van der Waals surface area (Å²) in [6, 6.07) is 12.3. The molecule has 2 aromatic heterocycles. The Bertz CT molecular complexity index is 744. The molecule has 0 radical (unpaired) electrons. The van der Waals surface area contributed by atoms with Gasteiger partial charge in [-0.3, -0.25) is 5.10 Å². The van der Waals surface area contributed by atoms with Crippen molar-refractivity contribution in [2.45, 2.75) is 26.6 Å². The number of rotatable bonds is 7. The molecule has 0 aliphatic rings. The van der Waals surface area contributed by atoms with E-state index in [-0.39, 0.29) is 0 Å². The third-order valence-corrected chi connectivity index (χ3v) is 3.68. The predicted octanol–water partition coefficient (Wildman–Crippen LogP) is 3.41. The number of aromatic amines is 1. The van der Waals surface area contributed by atoms with Crippen molar-refractivity contribution in [3.63, 3.8) is 0 Å². The fraction of sp³-hybridized carbons (Fsp3) is 0.278. The Morgan fingerprint density at radius 2 is 1.87 bits per heavy atom. The summed E-state index contributed by atoms with van der Waals surface area (Å²) in [6.07, 6.45) is 1.84. The molecule has 0 fully saturated rings. The number of aromatic nitrogens is 2. The van der Waals surface area contributed by atoms with Gasteiger partial charge in [-0.1, -0.05) is 24.3 Å². The Morgan fingerprint density at radius 3 is 2.57 bits per heavy atom. The zero-order valence-corrected chi connectivity index (χ0v) is 13.4. The van der Waals surface area contributed by atoms with Gasteiger partial charge in [0.2, 0.25) is 0 Å². The van der Waals surface area contributed by atoms with Crippen LogP contribution in [-0.4, -0.2) is 17.3 Å². The van der Waals surface area contributed by atoms with Gasteiger partial charge >= 0.3 is 0 Å². The van der Waals surface area contributed by atoms with Crippen LogP contribution in [0.25, 0.3) is 11.5 Å². The Labute approximate surface area is 135 Å². The molecule has 0 saturated carbocycles. The molecule has 2 N–H and O–H groups in total. The molecular weight excluding hydrogens is 290 g/mol. The molecule has 0 bridgehead atoms. The van der Waals surface area contributed by atoms with Crippen LogP contribution in [0.2, 0.25) is 0 Å². The largest absolute Gasteiger partial charge is 0.460 e. The van der Waals surface area contributed by atoms with Crippen LogP contribution in [0.15, 0.2) is 47.0 Å². The third-order valence-electron chi connectivity index (χ3n) is 3.68. The maximum absolute atomic E-state index is 5.66. The minimum Gasteiger partial charge on any atom is -0.460 e. The number of H-pyrrole nitrogens is 1. The maximum Gasteiger partial charge on any atom is 0.152 e. The molecule has 3 aromatic rings. The standard InChI is InChI=1S/C18H21N3O2/c1-13-3-8-17(23-13)18-16(11-20-21-18)10-19-9-14-4-6-15(7-5-14)12-22-2/h3-8,11,19H,9-10,12H2,1-2H3,(H,20,21). The van der Waals surface area contributed by atoms with Gasteiger partial charge in [-0.25, -0.2) is 0 Å². The molecule has 0 atom stereocenters. The van der Waals surface area contributed by atoms with Crippen molar-refractivity contribution in [3.05, 3.63) is 65.0 Å². The van der Waals surface area contributed by atoms with E-state index in [9.17, 15) is 0 Å². The van der Waals surface area contributed by atoms with Crippen LogP contribution in [0, 0.1) is 6.92 Å². The highest BCUT2D eigenvalue weighted by molar-refractivity contribution is 5.56. The van der Waals surface area contributed by atoms with E-state index in [1.807, 2.05) is 25.3 Å². The van der Waals surface area contributed by atoms with E-state index in [2.05, 4.69) is 39.8 Å². The van der Waals surface area contributed by atoms with Gasteiger partial charge in [0, 0.05) is 25.8 Å². The number of furan rings is 1. The SMILES string of the molecule is COCc1ccc(CNCc2cn[nH]c2-c2ccc(C)o2)cc1. The van der Waals surface area contributed by atoms with Crippen LogP contribution in [0.4, 0.5) is 0 Å². The average Bonchev–Trinajstić information content (AvgIpc) is 3.18. The summed E-state index contributed by atoms with van der Waals surface area (Å²) in [6.45, 7) is 4.11. The van der Waals surface area contributed by atoms with Crippen LogP contribution in [0.5, 0.6) is 0 Å². The van der Waals surface area contributed by atoms with E-state index >= 15 is 0 Å².